The van der Waals surface area contributed by atoms with Crippen LogP contribution in [0.15, 0.2) is 41.2 Å². The molecule has 2 heterocycles. The van der Waals surface area contributed by atoms with Crippen LogP contribution in [0, 0.1) is 6.92 Å². The first kappa shape index (κ1) is 16.7. The van der Waals surface area contributed by atoms with E-state index in [4.69, 9.17) is 9.26 Å². The van der Waals surface area contributed by atoms with Crippen molar-refractivity contribution >= 4 is 5.91 Å². The first-order valence-electron chi connectivity index (χ1n) is 7.88. The average Bonchev–Trinajstić information content (AvgIpc) is 3.21. The molecule has 0 saturated carbocycles. The summed E-state index contributed by atoms with van der Waals surface area (Å²) >= 11 is 0. The highest BCUT2D eigenvalue weighted by Gasteiger charge is 2.13. The third-order valence-electron chi connectivity index (χ3n) is 3.52. The Balaban J connectivity index is 1.58. The summed E-state index contributed by atoms with van der Waals surface area (Å²) in [6.45, 7) is 2.36. The number of carbonyl (C=O) groups excluding carboxylic acids is 1. The molecule has 130 valence electrons. The lowest BCUT2D eigenvalue weighted by atomic mass is 10.2. The van der Waals surface area contributed by atoms with Crippen LogP contribution >= 0.6 is 0 Å². The van der Waals surface area contributed by atoms with Gasteiger partial charge < -0.3 is 14.6 Å². The summed E-state index contributed by atoms with van der Waals surface area (Å²) in [5.74, 6) is 1.19. The molecule has 3 rings (SSSR count). The lowest BCUT2D eigenvalue weighted by Crippen LogP contribution is -2.26. The van der Waals surface area contributed by atoms with Gasteiger partial charge in [0.05, 0.1) is 11.8 Å². The van der Waals surface area contributed by atoms with E-state index in [9.17, 15) is 4.79 Å². The number of aryl methyl sites for hydroxylation is 2. The molecular weight excluding hydrogens is 322 g/mol. The van der Waals surface area contributed by atoms with E-state index in [0.717, 1.165) is 5.56 Å². The summed E-state index contributed by atoms with van der Waals surface area (Å²) in [7, 11) is 1.86. The number of amides is 1. The third-order valence-corrected chi connectivity index (χ3v) is 3.52. The summed E-state index contributed by atoms with van der Waals surface area (Å²) in [5, 5.41) is 10.8. The fraction of sp³-hybridized carbons (Fsp3) is 0.294. The second-order valence-electron chi connectivity index (χ2n) is 5.54. The smallest absolute Gasteiger partial charge is 0.255 e. The largest absolute Gasteiger partial charge is 0.485 e. The summed E-state index contributed by atoms with van der Waals surface area (Å²) in [6.07, 6.45) is 4.43. The van der Waals surface area contributed by atoms with Gasteiger partial charge in [-0.15, -0.1) is 0 Å². The van der Waals surface area contributed by atoms with Crippen molar-refractivity contribution in [3.63, 3.8) is 0 Å². The van der Waals surface area contributed by atoms with E-state index >= 15 is 0 Å². The molecule has 0 radical (unpaired) electrons. The van der Waals surface area contributed by atoms with Gasteiger partial charge in [-0.1, -0.05) is 17.3 Å². The Morgan fingerprint density at radius 3 is 2.92 bits per heavy atom. The van der Waals surface area contributed by atoms with Crippen LogP contribution in [-0.2, 0) is 20.1 Å². The number of benzene rings is 1. The van der Waals surface area contributed by atoms with Gasteiger partial charge in [0, 0.05) is 26.7 Å². The van der Waals surface area contributed by atoms with Gasteiger partial charge in [0.1, 0.15) is 5.75 Å². The lowest BCUT2D eigenvalue weighted by molar-refractivity contribution is 0.0949. The zero-order valence-electron chi connectivity index (χ0n) is 14.1. The molecule has 1 N–H and O–H groups in total. The molecule has 0 fully saturated rings. The number of carbonyl (C=O) groups is 1. The van der Waals surface area contributed by atoms with E-state index in [1.165, 1.54) is 0 Å². The highest BCUT2D eigenvalue weighted by Crippen LogP contribution is 2.19. The summed E-state index contributed by atoms with van der Waals surface area (Å²) in [6, 6.07) is 7.06. The standard InChI is InChI=1S/C17H19N5O3/c1-12-20-16(21-25-12)11-24-15-6-4-3-5-14(15)17(23)18-8-7-13-9-19-22(2)10-13/h3-6,9-10H,7-8,11H2,1-2H3,(H,18,23). The molecule has 0 aliphatic carbocycles. The maximum absolute atomic E-state index is 12.4. The first-order valence-corrected chi connectivity index (χ1v) is 7.88. The number of rotatable bonds is 7. The van der Waals surface area contributed by atoms with Crippen LogP contribution in [0.1, 0.15) is 27.6 Å². The van der Waals surface area contributed by atoms with Gasteiger partial charge >= 0.3 is 0 Å². The quantitative estimate of drug-likeness (QED) is 0.702. The van der Waals surface area contributed by atoms with Gasteiger partial charge in [0.15, 0.2) is 6.61 Å². The molecule has 0 aliphatic heterocycles. The minimum atomic E-state index is -0.191. The van der Waals surface area contributed by atoms with Gasteiger partial charge in [-0.2, -0.15) is 10.1 Å². The Morgan fingerprint density at radius 1 is 1.36 bits per heavy atom. The Morgan fingerprint density at radius 2 is 2.20 bits per heavy atom. The van der Waals surface area contributed by atoms with Crippen molar-refractivity contribution in [3.05, 3.63) is 59.5 Å². The number of hydrogen-bond donors (Lipinski definition) is 1. The van der Waals surface area contributed by atoms with Crippen LogP contribution in [-0.4, -0.2) is 32.4 Å². The predicted octanol–water partition coefficient (Wildman–Crippen LogP) is 1.66. The zero-order chi connectivity index (χ0) is 17.6. The Hall–Kier alpha value is -3.16. The van der Waals surface area contributed by atoms with Crippen LogP contribution in [0.25, 0.3) is 0 Å². The molecule has 8 nitrogen and oxygen atoms in total. The van der Waals surface area contributed by atoms with Crippen LogP contribution in [0.2, 0.25) is 0 Å². The first-order chi connectivity index (χ1) is 12.1. The molecule has 8 heteroatoms. The number of hydrogen-bond acceptors (Lipinski definition) is 6. The van der Waals surface area contributed by atoms with Crippen molar-refractivity contribution in [2.75, 3.05) is 6.54 Å². The summed E-state index contributed by atoms with van der Waals surface area (Å²) in [5.41, 5.74) is 1.54. The van der Waals surface area contributed by atoms with Crippen molar-refractivity contribution in [1.82, 2.24) is 25.2 Å². The molecule has 0 atom stereocenters. The average molecular weight is 341 g/mol. The van der Waals surface area contributed by atoms with Crippen LogP contribution in [0.4, 0.5) is 0 Å². The normalized spacial score (nSPS) is 10.6. The van der Waals surface area contributed by atoms with Crippen molar-refractivity contribution in [2.24, 2.45) is 7.05 Å². The Labute approximate surface area is 144 Å². The molecule has 0 aliphatic rings. The van der Waals surface area contributed by atoms with E-state index < -0.39 is 0 Å². The van der Waals surface area contributed by atoms with Crippen molar-refractivity contribution in [2.45, 2.75) is 20.0 Å². The lowest BCUT2D eigenvalue weighted by Gasteiger charge is -2.10. The minimum absolute atomic E-state index is 0.136. The van der Waals surface area contributed by atoms with Crippen LogP contribution < -0.4 is 10.1 Å². The molecule has 2 aromatic heterocycles. The fourth-order valence-electron chi connectivity index (χ4n) is 2.34. The molecule has 0 unspecified atom stereocenters. The molecular formula is C17H19N5O3. The number of aromatic nitrogens is 4. The Bertz CT molecular complexity index is 855. The zero-order valence-corrected chi connectivity index (χ0v) is 14.1. The summed E-state index contributed by atoms with van der Waals surface area (Å²) < 4.78 is 12.3. The maximum atomic E-state index is 12.4. The second-order valence-corrected chi connectivity index (χ2v) is 5.54. The minimum Gasteiger partial charge on any atom is -0.485 e. The Kier molecular flexibility index (Phi) is 5.08. The van der Waals surface area contributed by atoms with E-state index in [0.29, 0.717) is 36.0 Å². The van der Waals surface area contributed by atoms with Crippen molar-refractivity contribution in [3.8, 4) is 5.75 Å². The summed E-state index contributed by atoms with van der Waals surface area (Å²) in [4.78, 5) is 16.5. The van der Waals surface area contributed by atoms with E-state index in [1.807, 2.05) is 19.3 Å². The molecule has 0 saturated heterocycles. The molecule has 25 heavy (non-hydrogen) atoms. The van der Waals surface area contributed by atoms with E-state index in [2.05, 4.69) is 20.6 Å². The number of para-hydroxylation sites is 1. The fourth-order valence-corrected chi connectivity index (χ4v) is 2.34. The van der Waals surface area contributed by atoms with E-state index in [1.54, 1.807) is 36.0 Å². The second kappa shape index (κ2) is 7.61. The molecule has 1 aromatic carbocycles. The van der Waals surface area contributed by atoms with Gasteiger partial charge in [0.25, 0.3) is 5.91 Å². The van der Waals surface area contributed by atoms with E-state index in [-0.39, 0.29) is 12.5 Å². The van der Waals surface area contributed by atoms with Gasteiger partial charge in [-0.05, 0) is 24.1 Å². The topological polar surface area (TPSA) is 95.1 Å². The maximum Gasteiger partial charge on any atom is 0.255 e. The molecule has 0 bridgehead atoms. The third kappa shape index (κ3) is 4.43. The number of ether oxygens (including phenoxy) is 1. The monoisotopic (exact) mass is 341 g/mol. The number of nitrogens with zero attached hydrogens (tertiary/aromatic N) is 4. The molecule has 1 amide bonds. The molecule has 0 spiro atoms. The SMILES string of the molecule is Cc1nc(COc2ccccc2C(=O)NCCc2cnn(C)c2)no1. The number of nitrogens with one attached hydrogen (secondary N) is 1. The highest BCUT2D eigenvalue weighted by atomic mass is 16.5. The highest BCUT2D eigenvalue weighted by molar-refractivity contribution is 5.96. The van der Waals surface area contributed by atoms with Gasteiger partial charge in [-0.3, -0.25) is 9.48 Å². The van der Waals surface area contributed by atoms with Crippen molar-refractivity contribution < 1.29 is 14.1 Å². The van der Waals surface area contributed by atoms with Crippen LogP contribution in [0.5, 0.6) is 5.75 Å². The van der Waals surface area contributed by atoms with Crippen molar-refractivity contribution in [1.29, 1.82) is 0 Å². The van der Waals surface area contributed by atoms with Gasteiger partial charge in [0.2, 0.25) is 11.7 Å². The predicted molar refractivity (Wildman–Crippen MR) is 89.1 cm³/mol. The van der Waals surface area contributed by atoms with Crippen LogP contribution in [0.3, 0.4) is 0 Å². The van der Waals surface area contributed by atoms with Gasteiger partial charge in [-0.25, -0.2) is 0 Å². The molecule has 3 aromatic rings.